The number of imidazole rings is 1. The van der Waals surface area contributed by atoms with E-state index in [9.17, 15) is 9.59 Å². The molecule has 46 heavy (non-hydrogen) atoms. The lowest BCUT2D eigenvalue weighted by Crippen LogP contribution is -2.50. The largest absolute Gasteiger partial charge is 0.351 e. The van der Waals surface area contributed by atoms with E-state index in [0.717, 1.165) is 53.4 Å². The summed E-state index contributed by atoms with van der Waals surface area (Å²) in [5.41, 5.74) is 5.51. The van der Waals surface area contributed by atoms with Gasteiger partial charge in [-0.2, -0.15) is 5.10 Å². The lowest BCUT2D eigenvalue weighted by Gasteiger charge is -2.35. The Morgan fingerprint density at radius 1 is 1.02 bits per heavy atom. The average molecular weight is 638 g/mol. The zero-order valence-corrected chi connectivity index (χ0v) is 26.7. The van der Waals surface area contributed by atoms with Crippen molar-refractivity contribution in [3.63, 3.8) is 0 Å². The Kier molecular flexibility index (Phi) is 9.13. The summed E-state index contributed by atoms with van der Waals surface area (Å²) in [5, 5.41) is 13.9. The molecule has 5 aromatic rings. The molecule has 2 atom stereocenters. The maximum Gasteiger partial charge on any atom is 0.270 e. The van der Waals surface area contributed by atoms with Gasteiger partial charge in [0.05, 0.1) is 18.2 Å². The molecule has 0 unspecified atom stereocenters. The molecule has 2 amide bonds. The number of anilines is 2. The number of hydrogen-bond acceptors (Lipinski definition) is 7. The Labute approximate surface area is 272 Å². The van der Waals surface area contributed by atoms with Crippen molar-refractivity contribution in [2.45, 2.75) is 25.4 Å². The van der Waals surface area contributed by atoms with Crippen LogP contribution >= 0.6 is 11.6 Å². The minimum Gasteiger partial charge on any atom is -0.351 e. The molecular weight excluding hydrogens is 602 g/mol. The van der Waals surface area contributed by atoms with Crippen LogP contribution in [0.15, 0.2) is 85.6 Å². The standard InChI is InChI=1S/C34H36ClN9O2/c1-22-19-36-14-15-44(22)32-18-25(10-12-38-32)24-6-9-28(35)26(16-24)17-29(41-34(46)30-11-13-39-43(30)3)33(45)40-27-7-4-23(5-8-27)31-20-37-21-42(31)2/h4-13,16,18,20-22,29,36H,14-15,17,19H2,1-3H3,(H,40,45)(H,41,46)/t22-,29-/m0/s1. The molecule has 1 fully saturated rings. The zero-order chi connectivity index (χ0) is 32.2. The molecule has 0 bridgehead atoms. The predicted octanol–water partition coefficient (Wildman–Crippen LogP) is 4.31. The first-order valence-electron chi connectivity index (χ1n) is 15.2. The Balaban J connectivity index is 1.26. The van der Waals surface area contributed by atoms with Gasteiger partial charge < -0.3 is 25.4 Å². The fourth-order valence-electron chi connectivity index (χ4n) is 5.69. The molecule has 3 aromatic heterocycles. The van der Waals surface area contributed by atoms with Crippen molar-refractivity contribution in [2.75, 3.05) is 29.9 Å². The van der Waals surface area contributed by atoms with Crippen LogP contribution in [-0.4, -0.2) is 67.8 Å². The van der Waals surface area contributed by atoms with Crippen molar-refractivity contribution >= 4 is 34.9 Å². The summed E-state index contributed by atoms with van der Waals surface area (Å²) in [4.78, 5) is 38.2. The molecular formula is C34H36ClN9O2. The minimum absolute atomic E-state index is 0.169. The van der Waals surface area contributed by atoms with E-state index in [1.807, 2.05) is 66.3 Å². The van der Waals surface area contributed by atoms with Crippen molar-refractivity contribution < 1.29 is 9.59 Å². The summed E-state index contributed by atoms with van der Waals surface area (Å²) in [7, 11) is 3.60. The number of halogens is 1. The van der Waals surface area contributed by atoms with Crippen LogP contribution in [-0.2, 0) is 25.3 Å². The van der Waals surface area contributed by atoms with Gasteiger partial charge >= 0.3 is 0 Å². The number of aromatic nitrogens is 5. The third-order valence-electron chi connectivity index (χ3n) is 8.28. The molecule has 0 saturated carbocycles. The number of nitrogens with zero attached hydrogens (tertiary/aromatic N) is 6. The third-order valence-corrected chi connectivity index (χ3v) is 8.65. The van der Waals surface area contributed by atoms with E-state index in [-0.39, 0.29) is 12.3 Å². The summed E-state index contributed by atoms with van der Waals surface area (Å²) < 4.78 is 3.39. The third kappa shape index (κ3) is 6.80. The highest BCUT2D eigenvalue weighted by Crippen LogP contribution is 2.29. The summed E-state index contributed by atoms with van der Waals surface area (Å²) in [6.07, 6.45) is 7.05. The fraction of sp³-hybridized carbons (Fsp3) is 0.265. The number of pyridine rings is 1. The molecule has 0 radical (unpaired) electrons. The second-order valence-corrected chi connectivity index (χ2v) is 11.9. The quantitative estimate of drug-likeness (QED) is 0.220. The number of benzene rings is 2. The number of amides is 2. The highest BCUT2D eigenvalue weighted by Gasteiger charge is 2.25. The van der Waals surface area contributed by atoms with E-state index in [0.29, 0.717) is 22.4 Å². The van der Waals surface area contributed by atoms with Crippen LogP contribution in [0.3, 0.4) is 0 Å². The summed E-state index contributed by atoms with van der Waals surface area (Å²) in [5.74, 6) is 0.130. The minimum atomic E-state index is -0.929. The molecule has 3 N–H and O–H groups in total. The highest BCUT2D eigenvalue weighted by molar-refractivity contribution is 6.31. The van der Waals surface area contributed by atoms with Gasteiger partial charge in [-0.05, 0) is 71.6 Å². The number of piperazine rings is 1. The van der Waals surface area contributed by atoms with Crippen LogP contribution in [0, 0.1) is 0 Å². The van der Waals surface area contributed by atoms with Gasteiger partial charge in [0.15, 0.2) is 0 Å². The van der Waals surface area contributed by atoms with Crippen LogP contribution < -0.4 is 20.9 Å². The smallest absolute Gasteiger partial charge is 0.270 e. The van der Waals surface area contributed by atoms with E-state index in [1.165, 1.54) is 10.9 Å². The summed E-state index contributed by atoms with van der Waals surface area (Å²) in [6.45, 7) is 4.87. The molecule has 2 aromatic carbocycles. The Morgan fingerprint density at radius 3 is 2.52 bits per heavy atom. The van der Waals surface area contributed by atoms with Crippen LogP contribution in [0.2, 0.25) is 5.02 Å². The molecule has 1 saturated heterocycles. The van der Waals surface area contributed by atoms with Gasteiger partial charge in [-0.15, -0.1) is 0 Å². The van der Waals surface area contributed by atoms with Gasteiger partial charge in [-0.1, -0.05) is 29.8 Å². The van der Waals surface area contributed by atoms with Crippen molar-refractivity contribution in [3.05, 3.63) is 102 Å². The predicted molar refractivity (Wildman–Crippen MR) is 180 cm³/mol. The Morgan fingerprint density at radius 2 is 1.80 bits per heavy atom. The summed E-state index contributed by atoms with van der Waals surface area (Å²) in [6, 6.07) is 18.3. The maximum absolute atomic E-state index is 13.8. The van der Waals surface area contributed by atoms with Crippen molar-refractivity contribution in [1.82, 2.24) is 34.9 Å². The molecule has 11 nitrogen and oxygen atoms in total. The number of hydrogen-bond donors (Lipinski definition) is 3. The molecule has 1 aliphatic heterocycles. The Bertz CT molecular complexity index is 1850. The van der Waals surface area contributed by atoms with Gasteiger partial charge in [0.25, 0.3) is 5.91 Å². The van der Waals surface area contributed by atoms with E-state index >= 15 is 0 Å². The van der Waals surface area contributed by atoms with E-state index in [2.05, 4.69) is 48.9 Å². The number of aryl methyl sites for hydroxylation is 2. The van der Waals surface area contributed by atoms with Crippen LogP contribution in [0.25, 0.3) is 22.4 Å². The first-order valence-corrected chi connectivity index (χ1v) is 15.5. The second-order valence-electron chi connectivity index (χ2n) is 11.5. The van der Waals surface area contributed by atoms with Gasteiger partial charge in [-0.25, -0.2) is 9.97 Å². The van der Waals surface area contributed by atoms with Crippen molar-refractivity contribution in [3.8, 4) is 22.4 Å². The Hall–Kier alpha value is -5.00. The molecule has 1 aliphatic rings. The first-order chi connectivity index (χ1) is 22.3. The van der Waals surface area contributed by atoms with E-state index in [4.69, 9.17) is 11.6 Å². The van der Waals surface area contributed by atoms with E-state index < -0.39 is 11.9 Å². The van der Waals surface area contributed by atoms with Crippen LogP contribution in [0.4, 0.5) is 11.5 Å². The molecule has 6 rings (SSSR count). The normalized spacial score (nSPS) is 15.4. The number of nitrogens with one attached hydrogen (secondary N) is 3. The molecule has 0 spiro atoms. The summed E-state index contributed by atoms with van der Waals surface area (Å²) >= 11 is 6.71. The lowest BCUT2D eigenvalue weighted by atomic mass is 9.99. The SMILES string of the molecule is C[C@H]1CNCCN1c1cc(-c2ccc(Cl)c(C[C@H](NC(=O)c3ccnn3C)C(=O)Nc3ccc(-c4cncn4C)cc3)c2)ccn1. The first kappa shape index (κ1) is 31.0. The topological polar surface area (TPSA) is 122 Å². The van der Waals surface area contributed by atoms with Crippen molar-refractivity contribution in [2.24, 2.45) is 14.1 Å². The van der Waals surface area contributed by atoms with Crippen LogP contribution in [0.1, 0.15) is 23.0 Å². The lowest BCUT2D eigenvalue weighted by molar-refractivity contribution is -0.118. The van der Waals surface area contributed by atoms with Gasteiger partial charge in [0, 0.05) is 69.3 Å². The zero-order valence-electron chi connectivity index (χ0n) is 25.9. The van der Waals surface area contributed by atoms with E-state index in [1.54, 1.807) is 25.6 Å². The molecule has 236 valence electrons. The second kappa shape index (κ2) is 13.6. The average Bonchev–Trinajstić information content (AvgIpc) is 3.70. The van der Waals surface area contributed by atoms with Crippen molar-refractivity contribution in [1.29, 1.82) is 0 Å². The maximum atomic E-state index is 13.8. The number of rotatable bonds is 9. The monoisotopic (exact) mass is 637 g/mol. The fourth-order valence-corrected chi connectivity index (χ4v) is 5.89. The van der Waals surface area contributed by atoms with Gasteiger partial charge in [-0.3, -0.25) is 14.3 Å². The van der Waals surface area contributed by atoms with Gasteiger partial charge in [0.1, 0.15) is 17.6 Å². The van der Waals surface area contributed by atoms with Crippen LogP contribution in [0.5, 0.6) is 0 Å². The van der Waals surface area contributed by atoms with Gasteiger partial charge in [0.2, 0.25) is 5.91 Å². The highest BCUT2D eigenvalue weighted by atomic mass is 35.5. The molecule has 12 heteroatoms. The number of carbonyl (C=O) groups is 2. The molecule has 0 aliphatic carbocycles. The molecule has 4 heterocycles. The number of carbonyl (C=O) groups excluding carboxylic acids is 2.